The minimum Gasteiger partial charge on any atom is -0.492 e. The van der Waals surface area contributed by atoms with Crippen molar-refractivity contribution in [1.29, 1.82) is 0 Å². The Morgan fingerprint density at radius 3 is 2.22 bits per heavy atom. The quantitative estimate of drug-likeness (QED) is 0.0432. The van der Waals surface area contributed by atoms with E-state index in [2.05, 4.69) is 84.9 Å². The highest BCUT2D eigenvalue weighted by molar-refractivity contribution is 7.90. The van der Waals surface area contributed by atoms with Crippen LogP contribution in [0.4, 0.5) is 42.0 Å². The predicted octanol–water partition coefficient (Wildman–Crippen LogP) is 5.86. The summed E-state index contributed by atoms with van der Waals surface area (Å²) in [6, 6.07) is 23.1. The molecule has 3 aliphatic rings. The summed E-state index contributed by atoms with van der Waals surface area (Å²) in [4.78, 5) is 48.3. The number of amides is 2. The lowest BCUT2D eigenvalue weighted by Crippen LogP contribution is -2.59. The number of nitrogens with zero attached hydrogens (tertiary/aromatic N) is 7. The van der Waals surface area contributed by atoms with Crippen molar-refractivity contribution in [2.24, 2.45) is 0 Å². The molecule has 4 N–H and O–H groups in total. The first kappa shape index (κ1) is 61.7. The van der Waals surface area contributed by atoms with Crippen molar-refractivity contribution in [2.45, 2.75) is 62.3 Å². The fraction of sp³-hybridized carbons (Fsp3) is 0.500. The van der Waals surface area contributed by atoms with Gasteiger partial charge in [-0.2, -0.15) is 18.2 Å². The molecule has 0 saturated carbocycles. The SMILES string of the molecule is COC[C@H]1CN[C@H](C)CN1CC(=O)N1CC(C)(C)c2ncc(Cc3cccc(OCCN4CCN(CCOCCOCCOCC(=O)Nc5ccc(Nc6ncc(C(F)(F)F)c(NCc7cccc(S(C)(=O)=O)c7)n6)cc5)CC4)c3)cc21. The lowest BCUT2D eigenvalue weighted by Gasteiger charge is -2.39. The maximum absolute atomic E-state index is 13.9. The summed E-state index contributed by atoms with van der Waals surface area (Å²) >= 11 is 0. The van der Waals surface area contributed by atoms with E-state index >= 15 is 0 Å². The van der Waals surface area contributed by atoms with Crippen LogP contribution in [0.3, 0.4) is 0 Å². The summed E-state index contributed by atoms with van der Waals surface area (Å²) < 4.78 is 93.9. The van der Waals surface area contributed by atoms with Gasteiger partial charge in [0.05, 0.1) is 62.5 Å². The Balaban J connectivity index is 0.654. The number of nitrogens with one attached hydrogen (secondary N) is 4. The lowest BCUT2D eigenvalue weighted by molar-refractivity contribution is -0.137. The maximum atomic E-state index is 13.9. The van der Waals surface area contributed by atoms with Crippen LogP contribution >= 0.6 is 0 Å². The van der Waals surface area contributed by atoms with Gasteiger partial charge < -0.3 is 49.9 Å². The molecule has 2 aromatic heterocycles. The van der Waals surface area contributed by atoms with Gasteiger partial charge in [0.15, 0.2) is 9.84 Å². The zero-order chi connectivity index (χ0) is 58.3. The smallest absolute Gasteiger partial charge is 0.421 e. The molecule has 20 nitrogen and oxygen atoms in total. The third-order valence-corrected chi connectivity index (χ3v) is 15.5. The number of piperazine rings is 2. The predicted molar refractivity (Wildman–Crippen MR) is 307 cm³/mol. The normalized spacial score (nSPS) is 17.8. The molecule has 5 heterocycles. The second kappa shape index (κ2) is 28.8. The third kappa shape index (κ3) is 18.1. The molecule has 0 aliphatic carbocycles. The van der Waals surface area contributed by atoms with Crippen molar-refractivity contribution >= 4 is 50.5 Å². The summed E-state index contributed by atoms with van der Waals surface area (Å²) in [5.74, 6) is -0.0710. The van der Waals surface area contributed by atoms with Crippen molar-refractivity contribution in [3.05, 3.63) is 119 Å². The number of hydrogen-bond acceptors (Lipinski definition) is 18. The highest BCUT2D eigenvalue weighted by Crippen LogP contribution is 2.40. The van der Waals surface area contributed by atoms with Gasteiger partial charge in [0.25, 0.3) is 0 Å². The molecular weight excluding hydrogens is 1080 g/mol. The van der Waals surface area contributed by atoms with Gasteiger partial charge in [0, 0.05) is 120 Å². The summed E-state index contributed by atoms with van der Waals surface area (Å²) in [5, 5.41) is 11.7. The van der Waals surface area contributed by atoms with Gasteiger partial charge in [0.2, 0.25) is 17.8 Å². The van der Waals surface area contributed by atoms with E-state index in [0.717, 1.165) is 86.9 Å². The van der Waals surface area contributed by atoms with Crippen LogP contribution in [0.5, 0.6) is 5.75 Å². The molecule has 0 unspecified atom stereocenters. The van der Waals surface area contributed by atoms with Gasteiger partial charge in [-0.15, -0.1) is 0 Å². The van der Waals surface area contributed by atoms with E-state index in [4.69, 9.17) is 28.7 Å². The van der Waals surface area contributed by atoms with E-state index in [0.29, 0.717) is 81.7 Å². The van der Waals surface area contributed by atoms with Crippen LogP contribution in [0, 0.1) is 0 Å². The Labute approximate surface area is 478 Å². The summed E-state index contributed by atoms with van der Waals surface area (Å²) in [5.41, 5.74) is 4.04. The molecule has 2 saturated heterocycles. The van der Waals surface area contributed by atoms with Gasteiger partial charge >= 0.3 is 6.18 Å². The Kier molecular flexibility index (Phi) is 21.6. The van der Waals surface area contributed by atoms with Gasteiger partial charge in [0.1, 0.15) is 30.3 Å². The minimum absolute atomic E-state index is 0.0425. The number of fused-ring (bicyclic) bond motifs is 1. The molecule has 2 amide bonds. The molecule has 2 fully saturated rings. The van der Waals surface area contributed by atoms with Gasteiger partial charge in [-0.3, -0.25) is 29.3 Å². The zero-order valence-electron chi connectivity index (χ0n) is 47.3. The molecule has 3 aliphatic heterocycles. The number of rotatable bonds is 28. The first-order valence-electron chi connectivity index (χ1n) is 27.6. The monoisotopic (exact) mass is 1160 g/mol. The molecule has 8 rings (SSSR count). The molecule has 0 radical (unpaired) electrons. The number of benzene rings is 3. The van der Waals surface area contributed by atoms with E-state index in [-0.39, 0.29) is 60.5 Å². The minimum atomic E-state index is -4.75. The zero-order valence-corrected chi connectivity index (χ0v) is 48.1. The van der Waals surface area contributed by atoms with Crippen LogP contribution < -0.4 is 30.9 Å². The Hall–Kier alpha value is -6.35. The molecular formula is C58H76F3N11O9S. The van der Waals surface area contributed by atoms with Crippen LogP contribution in [0.25, 0.3) is 0 Å². The number of halogens is 3. The molecule has 0 bridgehead atoms. The number of carbonyl (C=O) groups excluding carboxylic acids is 2. The Morgan fingerprint density at radius 2 is 1.50 bits per heavy atom. The van der Waals surface area contributed by atoms with Crippen LogP contribution in [0.2, 0.25) is 0 Å². The maximum Gasteiger partial charge on any atom is 0.421 e. The summed E-state index contributed by atoms with van der Waals surface area (Å²) in [6.45, 7) is 17.1. The molecule has 24 heteroatoms. The standard InChI is InChI=1S/C58H76F3N11O9S/c1-41-36-71(47(34-62-41)38-77-4)37-53(74)72-40-57(2,3)54-51(72)31-44(33-63-54)28-42-8-6-10-48(29-42)81-23-21-70-18-16-69(17-19-70)20-22-78-24-25-79-26-27-80-39-52(73)66-45-12-14-46(15-13-45)67-56-65-35-50(58(59,60)61)55(68-56)64-32-43-9-7-11-49(30-43)82(5,75)76/h6-15,29-31,33,35,41,47,62H,16-28,32,34,36-40H2,1-5H3,(H,66,73)(H2,64,65,67,68)/t41-,47-/m1/s1. The number of alkyl halides is 3. The number of aromatic nitrogens is 3. The average molecular weight is 1160 g/mol. The summed E-state index contributed by atoms with van der Waals surface area (Å²) in [6.07, 6.45) is -0.425. The average Bonchev–Trinajstić information content (AvgIpc) is 3.07. The number of pyridine rings is 1. The fourth-order valence-corrected chi connectivity index (χ4v) is 10.8. The summed E-state index contributed by atoms with van der Waals surface area (Å²) in [7, 11) is -1.81. The topological polar surface area (TPSA) is 214 Å². The highest BCUT2D eigenvalue weighted by Gasteiger charge is 2.41. The van der Waals surface area contributed by atoms with Crippen molar-refractivity contribution in [3.63, 3.8) is 0 Å². The van der Waals surface area contributed by atoms with Crippen molar-refractivity contribution in [1.82, 2.24) is 35.0 Å². The number of sulfone groups is 1. The van der Waals surface area contributed by atoms with E-state index in [9.17, 15) is 31.2 Å². The fourth-order valence-electron chi connectivity index (χ4n) is 10.1. The molecule has 3 aromatic carbocycles. The molecule has 444 valence electrons. The number of hydrogen-bond donors (Lipinski definition) is 4. The van der Waals surface area contributed by atoms with E-state index in [1.54, 1.807) is 37.4 Å². The number of carbonyl (C=O) groups is 2. The van der Waals surface area contributed by atoms with Crippen molar-refractivity contribution in [3.8, 4) is 5.75 Å². The van der Waals surface area contributed by atoms with E-state index in [1.165, 1.54) is 18.2 Å². The van der Waals surface area contributed by atoms with Crippen LogP contribution in [-0.4, -0.2) is 194 Å². The largest absolute Gasteiger partial charge is 0.492 e. The molecule has 82 heavy (non-hydrogen) atoms. The van der Waals surface area contributed by atoms with Gasteiger partial charge in [-0.25, -0.2) is 13.4 Å². The number of methoxy groups -OCH3 is 1. The van der Waals surface area contributed by atoms with Crippen LogP contribution in [-0.2, 0) is 62.9 Å². The number of ether oxygens (including phenoxy) is 5. The first-order chi connectivity index (χ1) is 39.3. The van der Waals surface area contributed by atoms with Gasteiger partial charge in [-0.05, 0) is 84.6 Å². The van der Waals surface area contributed by atoms with E-state index < -0.39 is 27.4 Å². The second-order valence-corrected chi connectivity index (χ2v) is 23.5. The molecule has 2 atom stereocenters. The highest BCUT2D eigenvalue weighted by atomic mass is 32.2. The van der Waals surface area contributed by atoms with Crippen molar-refractivity contribution in [2.75, 3.05) is 153 Å². The third-order valence-electron chi connectivity index (χ3n) is 14.4. The molecule has 5 aromatic rings. The lowest BCUT2D eigenvalue weighted by atomic mass is 9.91. The number of anilines is 5. The van der Waals surface area contributed by atoms with Crippen LogP contribution in [0.1, 0.15) is 48.7 Å². The Bertz CT molecular complexity index is 3020. The Morgan fingerprint density at radius 1 is 0.817 bits per heavy atom. The first-order valence-corrected chi connectivity index (χ1v) is 29.5. The molecule has 0 spiro atoms. The van der Waals surface area contributed by atoms with Crippen molar-refractivity contribution < 1.29 is 54.9 Å². The second-order valence-electron chi connectivity index (χ2n) is 21.5. The van der Waals surface area contributed by atoms with Crippen LogP contribution in [0.15, 0.2) is 96.2 Å². The van der Waals surface area contributed by atoms with Gasteiger partial charge in [-0.1, -0.05) is 38.1 Å². The van der Waals surface area contributed by atoms with E-state index in [1.807, 2.05) is 23.2 Å².